The number of carbonyl (C=O) groups excluding carboxylic acids is 1. The summed E-state index contributed by atoms with van der Waals surface area (Å²) >= 11 is 0. The lowest BCUT2D eigenvalue weighted by Gasteiger charge is -2.06. The van der Waals surface area contributed by atoms with Crippen molar-refractivity contribution in [2.24, 2.45) is 0 Å². The molecule has 0 aliphatic carbocycles. The van der Waals surface area contributed by atoms with Gasteiger partial charge in [-0.1, -0.05) is 17.7 Å². The molecule has 0 saturated heterocycles. The quantitative estimate of drug-likeness (QED) is 0.837. The van der Waals surface area contributed by atoms with Gasteiger partial charge in [0.1, 0.15) is 5.75 Å². The van der Waals surface area contributed by atoms with Crippen LogP contribution in [0.5, 0.6) is 5.75 Å². The molecular weight excluding hydrogens is 230 g/mol. The van der Waals surface area contributed by atoms with Gasteiger partial charge in [-0.05, 0) is 19.1 Å². The van der Waals surface area contributed by atoms with Crippen LogP contribution >= 0.6 is 0 Å². The minimum Gasteiger partial charge on any atom is -0.484 e. The molecule has 2 N–H and O–H groups in total. The number of ether oxygens (including phenoxy) is 1. The SMILES string of the molecule is Cc1ccc(OCC(=O)NCc2cnc[nH]2)cc1. The largest absolute Gasteiger partial charge is 0.484 e. The first kappa shape index (κ1) is 12.2. The molecule has 0 aliphatic heterocycles. The zero-order valence-electron chi connectivity index (χ0n) is 10.1. The Hall–Kier alpha value is -2.30. The highest BCUT2D eigenvalue weighted by Gasteiger charge is 2.03. The van der Waals surface area contributed by atoms with Crippen molar-refractivity contribution in [1.82, 2.24) is 15.3 Å². The van der Waals surface area contributed by atoms with Crippen LogP contribution in [-0.4, -0.2) is 22.5 Å². The van der Waals surface area contributed by atoms with Gasteiger partial charge in [0.15, 0.2) is 6.61 Å². The summed E-state index contributed by atoms with van der Waals surface area (Å²) in [6.45, 7) is 2.44. The molecule has 1 heterocycles. The van der Waals surface area contributed by atoms with Crippen molar-refractivity contribution >= 4 is 5.91 Å². The van der Waals surface area contributed by atoms with Crippen LogP contribution in [-0.2, 0) is 11.3 Å². The van der Waals surface area contributed by atoms with Gasteiger partial charge in [-0.2, -0.15) is 0 Å². The Labute approximate surface area is 105 Å². The van der Waals surface area contributed by atoms with E-state index in [1.54, 1.807) is 12.5 Å². The first-order valence-corrected chi connectivity index (χ1v) is 5.67. The molecular formula is C13H15N3O2. The molecule has 0 unspecified atom stereocenters. The van der Waals surface area contributed by atoms with Crippen LogP contribution in [0.3, 0.4) is 0 Å². The highest BCUT2D eigenvalue weighted by molar-refractivity contribution is 5.77. The van der Waals surface area contributed by atoms with Crippen molar-refractivity contribution in [1.29, 1.82) is 0 Å². The second kappa shape index (κ2) is 5.86. The molecule has 94 valence electrons. The number of rotatable bonds is 5. The summed E-state index contributed by atoms with van der Waals surface area (Å²) in [6.07, 6.45) is 3.24. The topological polar surface area (TPSA) is 67.0 Å². The molecule has 0 saturated carbocycles. The van der Waals surface area contributed by atoms with Crippen molar-refractivity contribution < 1.29 is 9.53 Å². The fourth-order valence-corrected chi connectivity index (χ4v) is 1.41. The Morgan fingerprint density at radius 1 is 1.39 bits per heavy atom. The van der Waals surface area contributed by atoms with Crippen LogP contribution in [0.25, 0.3) is 0 Å². The fourth-order valence-electron chi connectivity index (χ4n) is 1.41. The molecule has 5 nitrogen and oxygen atoms in total. The lowest BCUT2D eigenvalue weighted by molar-refractivity contribution is -0.123. The second-order valence-electron chi connectivity index (χ2n) is 3.96. The maximum absolute atomic E-state index is 11.5. The molecule has 1 aromatic carbocycles. The normalized spacial score (nSPS) is 10.1. The monoisotopic (exact) mass is 245 g/mol. The number of aromatic nitrogens is 2. The average molecular weight is 245 g/mol. The van der Waals surface area contributed by atoms with E-state index in [9.17, 15) is 4.79 Å². The number of hydrogen-bond donors (Lipinski definition) is 2. The lowest BCUT2D eigenvalue weighted by atomic mass is 10.2. The summed E-state index contributed by atoms with van der Waals surface area (Å²) in [5, 5.41) is 2.73. The van der Waals surface area contributed by atoms with E-state index in [0.717, 1.165) is 11.3 Å². The molecule has 0 spiro atoms. The summed E-state index contributed by atoms with van der Waals surface area (Å²) < 4.78 is 5.35. The maximum atomic E-state index is 11.5. The van der Waals surface area contributed by atoms with E-state index in [-0.39, 0.29) is 12.5 Å². The molecule has 1 amide bonds. The number of aryl methyl sites for hydroxylation is 1. The predicted molar refractivity (Wildman–Crippen MR) is 67.1 cm³/mol. The molecule has 0 fully saturated rings. The highest BCUT2D eigenvalue weighted by Crippen LogP contribution is 2.10. The molecule has 18 heavy (non-hydrogen) atoms. The van der Waals surface area contributed by atoms with Gasteiger partial charge in [-0.25, -0.2) is 4.98 Å². The van der Waals surface area contributed by atoms with Crippen LogP contribution in [0.15, 0.2) is 36.8 Å². The number of benzene rings is 1. The number of nitrogens with one attached hydrogen (secondary N) is 2. The minimum absolute atomic E-state index is 0.0111. The van der Waals surface area contributed by atoms with Gasteiger partial charge >= 0.3 is 0 Å². The standard InChI is InChI=1S/C13H15N3O2/c1-10-2-4-12(5-3-10)18-8-13(17)15-7-11-6-14-9-16-11/h2-6,9H,7-8H2,1H3,(H,14,16)(H,15,17). The number of nitrogens with zero attached hydrogens (tertiary/aromatic N) is 1. The van der Waals surface area contributed by atoms with Gasteiger partial charge in [0, 0.05) is 6.20 Å². The third kappa shape index (κ3) is 3.62. The van der Waals surface area contributed by atoms with E-state index in [2.05, 4.69) is 15.3 Å². The van der Waals surface area contributed by atoms with Gasteiger partial charge in [-0.3, -0.25) is 4.79 Å². The Morgan fingerprint density at radius 2 is 2.17 bits per heavy atom. The van der Waals surface area contributed by atoms with Gasteiger partial charge < -0.3 is 15.0 Å². The number of hydrogen-bond acceptors (Lipinski definition) is 3. The number of aromatic amines is 1. The van der Waals surface area contributed by atoms with E-state index >= 15 is 0 Å². The van der Waals surface area contributed by atoms with Crippen molar-refractivity contribution in [3.05, 3.63) is 48.0 Å². The van der Waals surface area contributed by atoms with E-state index in [4.69, 9.17) is 4.74 Å². The summed E-state index contributed by atoms with van der Waals surface area (Å²) in [6, 6.07) is 7.57. The lowest BCUT2D eigenvalue weighted by Crippen LogP contribution is -2.28. The fraction of sp³-hybridized carbons (Fsp3) is 0.231. The smallest absolute Gasteiger partial charge is 0.258 e. The Kier molecular flexibility index (Phi) is 3.96. The third-order valence-electron chi connectivity index (χ3n) is 2.42. The number of H-pyrrole nitrogens is 1. The molecule has 2 aromatic rings. The predicted octanol–water partition coefficient (Wildman–Crippen LogP) is 1.41. The molecule has 5 heteroatoms. The van der Waals surface area contributed by atoms with Gasteiger partial charge in [0.2, 0.25) is 0 Å². The van der Waals surface area contributed by atoms with Crippen LogP contribution in [0, 0.1) is 6.92 Å². The van der Waals surface area contributed by atoms with Crippen LogP contribution in [0.1, 0.15) is 11.3 Å². The molecule has 0 aliphatic rings. The summed E-state index contributed by atoms with van der Waals surface area (Å²) in [5.41, 5.74) is 2.02. The van der Waals surface area contributed by atoms with Crippen molar-refractivity contribution in [2.75, 3.05) is 6.61 Å². The van der Waals surface area contributed by atoms with Gasteiger partial charge in [0.25, 0.3) is 5.91 Å². The average Bonchev–Trinajstić information content (AvgIpc) is 2.89. The first-order valence-electron chi connectivity index (χ1n) is 5.67. The summed E-state index contributed by atoms with van der Waals surface area (Å²) in [7, 11) is 0. The highest BCUT2D eigenvalue weighted by atomic mass is 16.5. The minimum atomic E-state index is -0.162. The molecule has 0 atom stereocenters. The third-order valence-corrected chi connectivity index (χ3v) is 2.42. The Bertz CT molecular complexity index is 491. The number of imidazole rings is 1. The number of carbonyl (C=O) groups is 1. The van der Waals surface area contributed by atoms with E-state index in [1.807, 2.05) is 31.2 Å². The molecule has 2 rings (SSSR count). The molecule has 1 aromatic heterocycles. The van der Waals surface area contributed by atoms with Crippen LogP contribution in [0.2, 0.25) is 0 Å². The molecule has 0 radical (unpaired) electrons. The van der Waals surface area contributed by atoms with Crippen LogP contribution in [0.4, 0.5) is 0 Å². The van der Waals surface area contributed by atoms with Crippen molar-refractivity contribution in [2.45, 2.75) is 13.5 Å². The zero-order valence-corrected chi connectivity index (χ0v) is 10.1. The van der Waals surface area contributed by atoms with E-state index < -0.39 is 0 Å². The van der Waals surface area contributed by atoms with Gasteiger partial charge in [-0.15, -0.1) is 0 Å². The first-order chi connectivity index (χ1) is 8.74. The van der Waals surface area contributed by atoms with Crippen molar-refractivity contribution in [3.63, 3.8) is 0 Å². The summed E-state index contributed by atoms with van der Waals surface area (Å²) in [4.78, 5) is 18.3. The Balaban J connectivity index is 1.73. The second-order valence-corrected chi connectivity index (χ2v) is 3.96. The molecule has 0 bridgehead atoms. The number of amides is 1. The maximum Gasteiger partial charge on any atom is 0.258 e. The zero-order chi connectivity index (χ0) is 12.8. The van der Waals surface area contributed by atoms with Crippen LogP contribution < -0.4 is 10.1 Å². The van der Waals surface area contributed by atoms with Gasteiger partial charge in [0.05, 0.1) is 18.6 Å². The van der Waals surface area contributed by atoms with Crippen molar-refractivity contribution in [3.8, 4) is 5.75 Å². The van der Waals surface area contributed by atoms with E-state index in [1.165, 1.54) is 0 Å². The van der Waals surface area contributed by atoms with E-state index in [0.29, 0.717) is 12.3 Å². The Morgan fingerprint density at radius 3 is 2.83 bits per heavy atom. The summed E-state index contributed by atoms with van der Waals surface area (Å²) in [5.74, 6) is 0.530.